The molecule has 2 aromatic heterocycles. The fraction of sp³-hybridized carbons (Fsp3) is 0.136. The maximum atomic E-state index is 13.2. The van der Waals surface area contributed by atoms with E-state index in [9.17, 15) is 4.79 Å². The van der Waals surface area contributed by atoms with Crippen molar-refractivity contribution in [2.75, 3.05) is 7.11 Å². The number of nitrogens with zero attached hydrogens (tertiary/aromatic N) is 5. The standard InChI is InChI=1S/C22H19N5O2/c1-29-18-11-6-5-10-17(18)22(28)27-19(13-12-16-8-3-2-4-9-16)25-21(26-27)20-23-14-7-15-24-20/h2-11,14-15H,12-13H2,1H3. The lowest BCUT2D eigenvalue weighted by atomic mass is 10.1. The van der Waals surface area contributed by atoms with Gasteiger partial charge in [0.15, 0.2) is 5.82 Å². The summed E-state index contributed by atoms with van der Waals surface area (Å²) in [6.07, 6.45) is 4.52. The van der Waals surface area contributed by atoms with E-state index in [-0.39, 0.29) is 5.91 Å². The molecule has 4 aromatic rings. The number of carbonyl (C=O) groups excluding carboxylic acids is 1. The molecule has 0 N–H and O–H groups in total. The van der Waals surface area contributed by atoms with Crippen LogP contribution in [0, 0.1) is 0 Å². The first-order valence-electron chi connectivity index (χ1n) is 9.21. The summed E-state index contributed by atoms with van der Waals surface area (Å²) in [5, 5.41) is 4.42. The first-order valence-corrected chi connectivity index (χ1v) is 9.21. The first kappa shape index (κ1) is 18.5. The van der Waals surface area contributed by atoms with E-state index in [1.165, 1.54) is 11.8 Å². The molecule has 2 aromatic carbocycles. The lowest BCUT2D eigenvalue weighted by Gasteiger charge is -2.08. The normalized spacial score (nSPS) is 10.7. The topological polar surface area (TPSA) is 82.8 Å². The third-order valence-corrected chi connectivity index (χ3v) is 4.45. The summed E-state index contributed by atoms with van der Waals surface area (Å²) in [6.45, 7) is 0. The largest absolute Gasteiger partial charge is 0.496 e. The zero-order valence-corrected chi connectivity index (χ0v) is 15.9. The van der Waals surface area contributed by atoms with Crippen molar-refractivity contribution in [3.05, 3.63) is 90.0 Å². The maximum absolute atomic E-state index is 13.2. The number of para-hydroxylation sites is 1. The molecule has 7 heteroatoms. The number of aryl methyl sites for hydroxylation is 2. The highest BCUT2D eigenvalue weighted by Crippen LogP contribution is 2.20. The van der Waals surface area contributed by atoms with Gasteiger partial charge in [0.05, 0.1) is 12.7 Å². The molecule has 0 aliphatic heterocycles. The van der Waals surface area contributed by atoms with Crippen molar-refractivity contribution in [2.45, 2.75) is 12.8 Å². The average molecular weight is 385 g/mol. The summed E-state index contributed by atoms with van der Waals surface area (Å²) in [6, 6.07) is 18.8. The van der Waals surface area contributed by atoms with Crippen molar-refractivity contribution in [1.82, 2.24) is 24.7 Å². The first-order chi connectivity index (χ1) is 14.3. The van der Waals surface area contributed by atoms with E-state index in [0.717, 1.165) is 12.0 Å². The van der Waals surface area contributed by atoms with E-state index >= 15 is 0 Å². The van der Waals surface area contributed by atoms with Crippen molar-refractivity contribution in [1.29, 1.82) is 0 Å². The molecule has 0 aliphatic rings. The van der Waals surface area contributed by atoms with Crippen LogP contribution in [0.25, 0.3) is 11.6 Å². The number of ether oxygens (including phenoxy) is 1. The highest BCUT2D eigenvalue weighted by molar-refractivity contribution is 5.98. The molecule has 0 fully saturated rings. The van der Waals surface area contributed by atoms with Crippen LogP contribution in [0.3, 0.4) is 0 Å². The predicted molar refractivity (Wildman–Crippen MR) is 108 cm³/mol. The maximum Gasteiger partial charge on any atom is 0.283 e. The van der Waals surface area contributed by atoms with Gasteiger partial charge in [0, 0.05) is 18.8 Å². The second-order valence-electron chi connectivity index (χ2n) is 6.33. The van der Waals surface area contributed by atoms with Crippen molar-refractivity contribution >= 4 is 5.91 Å². The smallest absolute Gasteiger partial charge is 0.283 e. The van der Waals surface area contributed by atoms with Gasteiger partial charge in [0.25, 0.3) is 5.91 Å². The highest BCUT2D eigenvalue weighted by atomic mass is 16.5. The second kappa shape index (κ2) is 8.43. The molecule has 144 valence electrons. The van der Waals surface area contributed by atoms with Gasteiger partial charge in [-0.15, -0.1) is 5.10 Å². The molecule has 0 radical (unpaired) electrons. The number of rotatable bonds is 6. The van der Waals surface area contributed by atoms with Gasteiger partial charge in [0.2, 0.25) is 5.82 Å². The lowest BCUT2D eigenvalue weighted by Crippen LogP contribution is -2.18. The van der Waals surface area contributed by atoms with Crippen LogP contribution in [0.5, 0.6) is 5.75 Å². The van der Waals surface area contributed by atoms with Gasteiger partial charge in [0.1, 0.15) is 11.6 Å². The van der Waals surface area contributed by atoms with Crippen LogP contribution >= 0.6 is 0 Å². The number of benzene rings is 2. The van der Waals surface area contributed by atoms with Crippen molar-refractivity contribution in [2.24, 2.45) is 0 Å². The quantitative estimate of drug-likeness (QED) is 0.507. The Hall–Kier alpha value is -3.87. The zero-order chi connectivity index (χ0) is 20.1. The number of methoxy groups -OCH3 is 1. The van der Waals surface area contributed by atoms with E-state index in [2.05, 4.69) is 20.1 Å². The van der Waals surface area contributed by atoms with Crippen LogP contribution in [0.4, 0.5) is 0 Å². The molecule has 0 spiro atoms. The molecule has 0 saturated heterocycles. The van der Waals surface area contributed by atoms with E-state index in [1.807, 2.05) is 36.4 Å². The Balaban J connectivity index is 1.72. The van der Waals surface area contributed by atoms with Gasteiger partial charge in [-0.3, -0.25) is 4.79 Å². The Morgan fingerprint density at radius 1 is 0.897 bits per heavy atom. The molecular weight excluding hydrogens is 366 g/mol. The van der Waals surface area contributed by atoms with E-state index in [1.54, 1.807) is 36.7 Å². The Bertz CT molecular complexity index is 1110. The van der Waals surface area contributed by atoms with Gasteiger partial charge >= 0.3 is 0 Å². The molecule has 2 heterocycles. The molecule has 0 unspecified atom stereocenters. The summed E-state index contributed by atoms with van der Waals surface area (Å²) in [7, 11) is 1.53. The fourth-order valence-electron chi connectivity index (χ4n) is 3.01. The van der Waals surface area contributed by atoms with Gasteiger partial charge in [-0.1, -0.05) is 42.5 Å². The lowest BCUT2D eigenvalue weighted by molar-refractivity contribution is 0.0938. The number of aromatic nitrogens is 5. The van der Waals surface area contributed by atoms with Crippen molar-refractivity contribution in [3.63, 3.8) is 0 Å². The molecule has 0 bridgehead atoms. The van der Waals surface area contributed by atoms with Crippen LogP contribution < -0.4 is 4.74 Å². The molecular formula is C22H19N5O2. The van der Waals surface area contributed by atoms with E-state index in [0.29, 0.717) is 35.2 Å². The van der Waals surface area contributed by atoms with Crippen LogP contribution in [-0.4, -0.2) is 37.7 Å². The highest BCUT2D eigenvalue weighted by Gasteiger charge is 2.22. The molecule has 7 nitrogen and oxygen atoms in total. The molecule has 4 rings (SSSR count). The zero-order valence-electron chi connectivity index (χ0n) is 15.9. The van der Waals surface area contributed by atoms with Gasteiger partial charge < -0.3 is 4.74 Å². The Morgan fingerprint density at radius 3 is 2.38 bits per heavy atom. The Labute approximate surface area is 168 Å². The minimum Gasteiger partial charge on any atom is -0.496 e. The van der Waals surface area contributed by atoms with Crippen LogP contribution in [0.1, 0.15) is 21.7 Å². The molecule has 0 aliphatic carbocycles. The van der Waals surface area contributed by atoms with Gasteiger partial charge in [-0.25, -0.2) is 15.0 Å². The molecule has 0 amide bonds. The summed E-state index contributed by atoms with van der Waals surface area (Å²) in [4.78, 5) is 26.2. The molecule has 29 heavy (non-hydrogen) atoms. The molecule has 0 saturated carbocycles. The minimum atomic E-state index is -0.305. The number of carbonyl (C=O) groups is 1. The van der Waals surface area contributed by atoms with Crippen LogP contribution in [-0.2, 0) is 12.8 Å². The SMILES string of the molecule is COc1ccccc1C(=O)n1nc(-c2ncccn2)nc1CCc1ccccc1. The fourth-order valence-corrected chi connectivity index (χ4v) is 3.01. The monoisotopic (exact) mass is 385 g/mol. The summed E-state index contributed by atoms with van der Waals surface area (Å²) >= 11 is 0. The summed E-state index contributed by atoms with van der Waals surface area (Å²) < 4.78 is 6.67. The third kappa shape index (κ3) is 4.03. The second-order valence-corrected chi connectivity index (χ2v) is 6.33. The van der Waals surface area contributed by atoms with E-state index in [4.69, 9.17) is 4.74 Å². The summed E-state index contributed by atoms with van der Waals surface area (Å²) in [5.41, 5.74) is 1.57. The number of hydrogen-bond donors (Lipinski definition) is 0. The van der Waals surface area contributed by atoms with Gasteiger partial charge in [-0.05, 0) is 30.2 Å². The summed E-state index contributed by atoms with van der Waals surface area (Å²) in [5.74, 6) is 1.42. The predicted octanol–water partition coefficient (Wildman–Crippen LogP) is 3.22. The van der Waals surface area contributed by atoms with E-state index < -0.39 is 0 Å². The Morgan fingerprint density at radius 2 is 1.62 bits per heavy atom. The average Bonchev–Trinajstić information content (AvgIpc) is 3.23. The minimum absolute atomic E-state index is 0.305. The Kier molecular flexibility index (Phi) is 5.38. The number of hydrogen-bond acceptors (Lipinski definition) is 6. The van der Waals surface area contributed by atoms with Crippen LogP contribution in [0.15, 0.2) is 73.1 Å². The third-order valence-electron chi connectivity index (χ3n) is 4.45. The molecule has 0 atom stereocenters. The van der Waals surface area contributed by atoms with Crippen LogP contribution in [0.2, 0.25) is 0 Å². The van der Waals surface area contributed by atoms with Crippen molar-refractivity contribution in [3.8, 4) is 17.4 Å². The van der Waals surface area contributed by atoms with Gasteiger partial charge in [-0.2, -0.15) is 4.68 Å². The van der Waals surface area contributed by atoms with Crippen molar-refractivity contribution < 1.29 is 9.53 Å².